The number of nitrogens with zero attached hydrogens (tertiary/aromatic N) is 2. The lowest BCUT2D eigenvalue weighted by molar-refractivity contribution is -0.131. The average Bonchev–Trinajstić information content (AvgIpc) is 3.12. The van der Waals surface area contributed by atoms with Gasteiger partial charge in [0.05, 0.1) is 18.2 Å². The predicted molar refractivity (Wildman–Crippen MR) is 81.9 cm³/mol. The molecule has 0 spiro atoms. The van der Waals surface area contributed by atoms with Crippen LogP contribution in [0.15, 0.2) is 41.1 Å². The molecule has 2 aromatic rings. The van der Waals surface area contributed by atoms with Crippen molar-refractivity contribution in [2.45, 2.75) is 19.0 Å². The molecule has 0 radical (unpaired) electrons. The van der Waals surface area contributed by atoms with Gasteiger partial charge in [0.25, 0.3) is 5.91 Å². The van der Waals surface area contributed by atoms with E-state index in [1.54, 1.807) is 31.2 Å². The highest BCUT2D eigenvalue weighted by atomic mass is 32.1. The molecule has 1 fully saturated rings. The molecule has 1 aromatic carbocycles. The molecule has 0 bridgehead atoms. The minimum atomic E-state index is -1.04. The SMILES string of the molecule is C[C@]1(c2ccsc2)NC(=O)N(Cc2ccccc2C#N)C1=O. The highest BCUT2D eigenvalue weighted by Gasteiger charge is 2.49. The summed E-state index contributed by atoms with van der Waals surface area (Å²) in [4.78, 5) is 26.1. The van der Waals surface area contributed by atoms with Gasteiger partial charge in [-0.05, 0) is 40.9 Å². The highest BCUT2D eigenvalue weighted by Crippen LogP contribution is 2.31. The van der Waals surface area contributed by atoms with Crippen molar-refractivity contribution in [3.8, 4) is 6.07 Å². The van der Waals surface area contributed by atoms with Crippen molar-refractivity contribution < 1.29 is 9.59 Å². The third-order valence-electron chi connectivity index (χ3n) is 3.84. The Balaban J connectivity index is 1.92. The molecule has 1 saturated heterocycles. The van der Waals surface area contributed by atoms with Crippen molar-refractivity contribution in [1.82, 2.24) is 10.2 Å². The molecular formula is C16H13N3O2S. The van der Waals surface area contributed by atoms with Crippen LogP contribution in [0.5, 0.6) is 0 Å². The summed E-state index contributed by atoms with van der Waals surface area (Å²) < 4.78 is 0. The van der Waals surface area contributed by atoms with Gasteiger partial charge < -0.3 is 5.32 Å². The van der Waals surface area contributed by atoms with E-state index in [4.69, 9.17) is 5.26 Å². The van der Waals surface area contributed by atoms with Gasteiger partial charge in [0.1, 0.15) is 5.54 Å². The first-order chi connectivity index (χ1) is 10.6. The van der Waals surface area contributed by atoms with Crippen molar-refractivity contribution in [3.05, 3.63) is 57.8 Å². The number of nitrogens with one attached hydrogen (secondary N) is 1. The molecule has 1 aliphatic rings. The summed E-state index contributed by atoms with van der Waals surface area (Å²) in [6.45, 7) is 1.79. The zero-order chi connectivity index (χ0) is 15.7. The maximum absolute atomic E-state index is 12.7. The van der Waals surface area contributed by atoms with E-state index in [9.17, 15) is 9.59 Å². The Kier molecular flexibility index (Phi) is 3.43. The first kappa shape index (κ1) is 14.3. The molecule has 22 heavy (non-hydrogen) atoms. The number of amides is 3. The second-order valence-corrected chi connectivity index (χ2v) is 6.01. The lowest BCUT2D eigenvalue weighted by Gasteiger charge is -2.20. The third kappa shape index (κ3) is 2.16. The molecule has 3 amide bonds. The number of nitriles is 1. The van der Waals surface area contributed by atoms with Crippen LogP contribution in [-0.4, -0.2) is 16.8 Å². The van der Waals surface area contributed by atoms with Crippen LogP contribution >= 0.6 is 11.3 Å². The number of imide groups is 1. The van der Waals surface area contributed by atoms with Crippen LogP contribution < -0.4 is 5.32 Å². The molecule has 0 unspecified atom stereocenters. The van der Waals surface area contributed by atoms with Crippen molar-refractivity contribution >= 4 is 23.3 Å². The fourth-order valence-corrected chi connectivity index (χ4v) is 3.29. The monoisotopic (exact) mass is 311 g/mol. The van der Waals surface area contributed by atoms with Crippen molar-refractivity contribution in [1.29, 1.82) is 5.26 Å². The Morgan fingerprint density at radius 2 is 2.09 bits per heavy atom. The lowest BCUT2D eigenvalue weighted by atomic mass is 9.95. The van der Waals surface area contributed by atoms with Crippen LogP contribution in [0.25, 0.3) is 0 Å². The van der Waals surface area contributed by atoms with Gasteiger partial charge in [0.15, 0.2) is 0 Å². The minimum absolute atomic E-state index is 0.0914. The number of benzene rings is 1. The maximum atomic E-state index is 12.7. The minimum Gasteiger partial charge on any atom is -0.319 e. The molecule has 1 atom stereocenters. The van der Waals surface area contributed by atoms with Crippen molar-refractivity contribution in [2.24, 2.45) is 0 Å². The van der Waals surface area contributed by atoms with Gasteiger partial charge >= 0.3 is 6.03 Å². The zero-order valence-corrected chi connectivity index (χ0v) is 12.7. The summed E-state index contributed by atoms with van der Waals surface area (Å²) >= 11 is 1.47. The summed E-state index contributed by atoms with van der Waals surface area (Å²) in [5.41, 5.74) is 0.848. The van der Waals surface area contributed by atoms with E-state index in [2.05, 4.69) is 11.4 Å². The van der Waals surface area contributed by atoms with Crippen molar-refractivity contribution in [3.63, 3.8) is 0 Å². The molecule has 1 aromatic heterocycles. The van der Waals surface area contributed by atoms with Crippen LogP contribution in [0.2, 0.25) is 0 Å². The number of hydrogen-bond acceptors (Lipinski definition) is 4. The average molecular weight is 311 g/mol. The van der Waals surface area contributed by atoms with Crippen LogP contribution in [-0.2, 0) is 16.9 Å². The van der Waals surface area contributed by atoms with E-state index in [1.807, 2.05) is 16.8 Å². The molecule has 6 heteroatoms. The molecule has 3 rings (SSSR count). The molecule has 0 aliphatic carbocycles. The number of rotatable bonds is 3. The molecular weight excluding hydrogens is 298 g/mol. The van der Waals surface area contributed by atoms with Gasteiger partial charge in [-0.25, -0.2) is 4.79 Å². The fourth-order valence-electron chi connectivity index (χ4n) is 2.52. The summed E-state index contributed by atoms with van der Waals surface area (Å²) in [5.74, 6) is -0.302. The van der Waals surface area contributed by atoms with Gasteiger partial charge in [-0.2, -0.15) is 16.6 Å². The normalized spacial score (nSPS) is 20.8. The maximum Gasteiger partial charge on any atom is 0.325 e. The molecule has 1 N–H and O–H groups in total. The van der Waals surface area contributed by atoms with E-state index in [1.165, 1.54) is 11.3 Å². The first-order valence-corrected chi connectivity index (χ1v) is 7.65. The number of thiophene rings is 1. The largest absolute Gasteiger partial charge is 0.325 e. The van der Waals surface area contributed by atoms with Gasteiger partial charge in [0.2, 0.25) is 0 Å². The second-order valence-electron chi connectivity index (χ2n) is 5.23. The standard InChI is InChI=1S/C16H13N3O2S/c1-16(13-6-7-22-10-13)14(20)19(15(21)18-16)9-12-5-3-2-4-11(12)8-17/h2-7,10H,9H2,1H3,(H,18,21)/t16-/m1/s1. The molecule has 110 valence electrons. The van der Waals surface area contributed by atoms with Crippen LogP contribution in [0.4, 0.5) is 4.79 Å². The topological polar surface area (TPSA) is 73.2 Å². The molecule has 2 heterocycles. The van der Waals surface area contributed by atoms with E-state index < -0.39 is 11.6 Å². The smallest absolute Gasteiger partial charge is 0.319 e. The highest BCUT2D eigenvalue weighted by molar-refractivity contribution is 7.08. The van der Waals surface area contributed by atoms with Crippen LogP contribution in [0.3, 0.4) is 0 Å². The predicted octanol–water partition coefficient (Wildman–Crippen LogP) is 2.59. The number of carbonyl (C=O) groups excluding carboxylic acids is 2. The number of urea groups is 1. The van der Waals surface area contributed by atoms with Crippen LogP contribution in [0, 0.1) is 11.3 Å². The van der Waals surface area contributed by atoms with Gasteiger partial charge in [-0.15, -0.1) is 0 Å². The Morgan fingerprint density at radius 3 is 2.77 bits per heavy atom. The Hall–Kier alpha value is -2.65. The van der Waals surface area contributed by atoms with Crippen molar-refractivity contribution in [2.75, 3.05) is 0 Å². The fraction of sp³-hybridized carbons (Fsp3) is 0.188. The Bertz CT molecular complexity index is 779. The second kappa shape index (κ2) is 5.28. The van der Waals surface area contributed by atoms with Gasteiger partial charge in [-0.3, -0.25) is 9.69 Å². The first-order valence-electron chi connectivity index (χ1n) is 6.71. The van der Waals surface area contributed by atoms with E-state index in [0.717, 1.165) is 10.5 Å². The summed E-state index contributed by atoms with van der Waals surface area (Å²) in [7, 11) is 0. The van der Waals surface area contributed by atoms with Crippen LogP contribution in [0.1, 0.15) is 23.6 Å². The van der Waals surface area contributed by atoms with E-state index in [0.29, 0.717) is 11.1 Å². The lowest BCUT2D eigenvalue weighted by Crippen LogP contribution is -2.40. The number of hydrogen-bond donors (Lipinski definition) is 1. The Labute approximate surface area is 131 Å². The van der Waals surface area contributed by atoms with Gasteiger partial charge in [-0.1, -0.05) is 18.2 Å². The Morgan fingerprint density at radius 1 is 1.32 bits per heavy atom. The third-order valence-corrected chi connectivity index (χ3v) is 4.52. The summed E-state index contributed by atoms with van der Waals surface area (Å²) in [5, 5.41) is 15.6. The zero-order valence-electron chi connectivity index (χ0n) is 11.9. The molecule has 5 nitrogen and oxygen atoms in total. The summed E-state index contributed by atoms with van der Waals surface area (Å²) in [6.07, 6.45) is 0. The van der Waals surface area contributed by atoms with E-state index in [-0.39, 0.29) is 12.5 Å². The van der Waals surface area contributed by atoms with Gasteiger partial charge in [0, 0.05) is 0 Å². The summed E-state index contributed by atoms with van der Waals surface area (Å²) in [6, 6.07) is 10.4. The van der Waals surface area contributed by atoms with E-state index >= 15 is 0 Å². The molecule has 0 saturated carbocycles. The molecule has 1 aliphatic heterocycles. The quantitative estimate of drug-likeness (QED) is 0.885. The number of carbonyl (C=O) groups is 2.